The Kier molecular flexibility index (Phi) is 10.3. The number of sulfonamides is 1. The quantitative estimate of drug-likeness (QED) is 0.354. The van der Waals surface area contributed by atoms with E-state index >= 15 is 0 Å². The van der Waals surface area contributed by atoms with Crippen LogP contribution in [0.1, 0.15) is 30.0 Å². The van der Waals surface area contributed by atoms with Crippen LogP contribution in [0.2, 0.25) is 5.02 Å². The minimum atomic E-state index is -3.83. The molecule has 0 saturated carbocycles. The van der Waals surface area contributed by atoms with Gasteiger partial charge in [0.25, 0.3) is 0 Å². The third-order valence-electron chi connectivity index (χ3n) is 6.07. The van der Waals surface area contributed by atoms with Crippen molar-refractivity contribution in [1.29, 1.82) is 0 Å². The highest BCUT2D eigenvalue weighted by atomic mass is 35.5. The first-order chi connectivity index (χ1) is 18.1. The highest BCUT2D eigenvalue weighted by Gasteiger charge is 2.33. The molecule has 3 aromatic carbocycles. The zero-order chi connectivity index (χ0) is 27.7. The number of carbonyl (C=O) groups excluding carboxylic acids is 2. The predicted octanol–water partition coefficient (Wildman–Crippen LogP) is 4.58. The van der Waals surface area contributed by atoms with Gasteiger partial charge in [-0.2, -0.15) is 0 Å². The molecule has 3 aromatic rings. The van der Waals surface area contributed by atoms with Gasteiger partial charge in [-0.3, -0.25) is 13.9 Å². The Bertz CT molecular complexity index is 1330. The lowest BCUT2D eigenvalue weighted by Crippen LogP contribution is -2.53. The number of hydrogen-bond donors (Lipinski definition) is 1. The number of rotatable bonds is 12. The summed E-state index contributed by atoms with van der Waals surface area (Å²) in [5, 5.41) is 3.27. The molecule has 0 bridgehead atoms. The lowest BCUT2D eigenvalue weighted by Gasteiger charge is -2.33. The van der Waals surface area contributed by atoms with E-state index in [9.17, 15) is 18.0 Å². The van der Waals surface area contributed by atoms with Gasteiger partial charge in [0.2, 0.25) is 21.8 Å². The maximum atomic E-state index is 13.9. The molecule has 9 heteroatoms. The standard InChI is InChI=1S/C29H34ClN3O4S/c1-4-17-31-29(35)27(18-23-9-6-5-7-10-23)32(20-24-15-13-22(2)14-16-24)28(34)21-33(38(3,36)37)26-12-8-11-25(30)19-26/h5-16,19,27H,4,17-18,20-21H2,1-3H3,(H,31,35)/t27-/m0/s1. The third-order valence-corrected chi connectivity index (χ3v) is 7.44. The normalized spacial score (nSPS) is 12.0. The highest BCUT2D eigenvalue weighted by molar-refractivity contribution is 7.92. The van der Waals surface area contributed by atoms with Gasteiger partial charge in [0.1, 0.15) is 12.6 Å². The Morgan fingerprint density at radius 2 is 1.63 bits per heavy atom. The minimum absolute atomic E-state index is 0.142. The topological polar surface area (TPSA) is 86.8 Å². The number of halogens is 1. The average molecular weight is 556 g/mol. The Morgan fingerprint density at radius 1 is 0.947 bits per heavy atom. The van der Waals surface area contributed by atoms with Crippen molar-refractivity contribution in [3.63, 3.8) is 0 Å². The summed E-state index contributed by atoms with van der Waals surface area (Å²) in [6, 6.07) is 22.6. The Labute approximate surface area is 230 Å². The van der Waals surface area contributed by atoms with E-state index in [-0.39, 0.29) is 24.6 Å². The van der Waals surface area contributed by atoms with Crippen molar-refractivity contribution >= 4 is 39.1 Å². The second kappa shape index (κ2) is 13.4. The van der Waals surface area contributed by atoms with Crippen molar-refractivity contribution in [2.24, 2.45) is 0 Å². The second-order valence-corrected chi connectivity index (χ2v) is 11.6. The van der Waals surface area contributed by atoms with Crippen LogP contribution >= 0.6 is 11.6 Å². The summed E-state index contributed by atoms with van der Waals surface area (Å²) >= 11 is 6.12. The van der Waals surface area contributed by atoms with Crippen molar-refractivity contribution in [3.8, 4) is 0 Å². The van der Waals surface area contributed by atoms with Crippen molar-refractivity contribution in [1.82, 2.24) is 10.2 Å². The molecule has 0 aromatic heterocycles. The summed E-state index contributed by atoms with van der Waals surface area (Å²) in [4.78, 5) is 28.9. The molecule has 7 nitrogen and oxygen atoms in total. The van der Waals surface area contributed by atoms with Gasteiger partial charge in [-0.1, -0.05) is 84.8 Å². The number of hydrogen-bond acceptors (Lipinski definition) is 4. The molecule has 0 unspecified atom stereocenters. The average Bonchev–Trinajstić information content (AvgIpc) is 2.88. The van der Waals surface area contributed by atoms with Crippen LogP contribution in [0, 0.1) is 6.92 Å². The summed E-state index contributed by atoms with van der Waals surface area (Å²) < 4.78 is 26.6. The third kappa shape index (κ3) is 8.33. The zero-order valence-electron chi connectivity index (χ0n) is 21.9. The van der Waals surface area contributed by atoms with Gasteiger partial charge in [0.05, 0.1) is 11.9 Å². The lowest BCUT2D eigenvalue weighted by molar-refractivity contribution is -0.140. The SMILES string of the molecule is CCCNC(=O)[C@H](Cc1ccccc1)N(Cc1ccc(C)cc1)C(=O)CN(c1cccc(Cl)c1)S(C)(=O)=O. The number of benzene rings is 3. The Balaban J connectivity index is 2.03. The largest absolute Gasteiger partial charge is 0.354 e. The molecule has 0 aliphatic heterocycles. The van der Waals surface area contributed by atoms with Crippen molar-refractivity contribution in [2.75, 3.05) is 23.7 Å². The smallest absolute Gasteiger partial charge is 0.244 e. The van der Waals surface area contributed by atoms with Crippen LogP contribution < -0.4 is 9.62 Å². The van der Waals surface area contributed by atoms with Crippen LogP contribution in [0.3, 0.4) is 0 Å². The number of aryl methyl sites for hydroxylation is 1. The summed E-state index contributed by atoms with van der Waals surface area (Å²) in [6.07, 6.45) is 2.07. The number of anilines is 1. The van der Waals surface area contributed by atoms with Gasteiger partial charge in [-0.25, -0.2) is 8.42 Å². The maximum Gasteiger partial charge on any atom is 0.244 e. The van der Waals surface area contributed by atoms with Gasteiger partial charge < -0.3 is 10.2 Å². The Morgan fingerprint density at radius 3 is 2.24 bits per heavy atom. The van der Waals surface area contributed by atoms with E-state index in [1.165, 1.54) is 11.0 Å². The molecule has 0 fully saturated rings. The predicted molar refractivity (Wildman–Crippen MR) is 153 cm³/mol. The van der Waals surface area contributed by atoms with Gasteiger partial charge in [0, 0.05) is 24.5 Å². The maximum absolute atomic E-state index is 13.9. The molecule has 0 saturated heterocycles. The minimum Gasteiger partial charge on any atom is -0.354 e. The van der Waals surface area contributed by atoms with Crippen LogP contribution in [0.4, 0.5) is 5.69 Å². The van der Waals surface area contributed by atoms with Gasteiger partial charge in [-0.15, -0.1) is 0 Å². The van der Waals surface area contributed by atoms with E-state index < -0.39 is 28.5 Å². The summed E-state index contributed by atoms with van der Waals surface area (Å²) in [6.45, 7) is 4.06. The molecule has 0 aliphatic rings. The molecule has 38 heavy (non-hydrogen) atoms. The number of nitrogens with zero attached hydrogens (tertiary/aromatic N) is 2. The molecule has 2 amide bonds. The van der Waals surface area contributed by atoms with Gasteiger partial charge >= 0.3 is 0 Å². The number of amides is 2. The van der Waals surface area contributed by atoms with Gasteiger partial charge in [0.15, 0.2) is 0 Å². The Hall–Kier alpha value is -3.36. The van der Waals surface area contributed by atoms with Gasteiger partial charge in [-0.05, 0) is 42.7 Å². The first kappa shape index (κ1) is 29.2. The monoisotopic (exact) mass is 555 g/mol. The van der Waals surface area contributed by atoms with E-state index in [1.54, 1.807) is 18.2 Å². The van der Waals surface area contributed by atoms with E-state index in [0.29, 0.717) is 11.6 Å². The number of nitrogens with one attached hydrogen (secondary N) is 1. The molecule has 1 atom stereocenters. The number of carbonyl (C=O) groups is 2. The van der Waals surface area contributed by atoms with Crippen molar-refractivity contribution in [2.45, 2.75) is 39.3 Å². The van der Waals surface area contributed by atoms with Crippen LogP contribution in [0.15, 0.2) is 78.9 Å². The summed E-state index contributed by atoms with van der Waals surface area (Å²) in [5.41, 5.74) is 3.07. The molecule has 0 radical (unpaired) electrons. The molecule has 0 heterocycles. The fourth-order valence-electron chi connectivity index (χ4n) is 4.06. The molecular weight excluding hydrogens is 522 g/mol. The van der Waals surface area contributed by atoms with Crippen LogP contribution in [-0.2, 0) is 32.6 Å². The van der Waals surface area contributed by atoms with E-state index in [1.807, 2.05) is 68.4 Å². The molecule has 202 valence electrons. The summed E-state index contributed by atoms with van der Waals surface area (Å²) in [7, 11) is -3.83. The first-order valence-electron chi connectivity index (χ1n) is 12.5. The van der Waals surface area contributed by atoms with Crippen molar-refractivity contribution < 1.29 is 18.0 Å². The van der Waals surface area contributed by atoms with Crippen molar-refractivity contribution in [3.05, 3.63) is 101 Å². The van der Waals surface area contributed by atoms with Crippen LogP contribution in [-0.4, -0.2) is 50.5 Å². The molecule has 3 rings (SSSR count). The molecule has 0 spiro atoms. The zero-order valence-corrected chi connectivity index (χ0v) is 23.5. The van der Waals surface area contributed by atoms with E-state index in [2.05, 4.69) is 5.32 Å². The fraction of sp³-hybridized carbons (Fsp3) is 0.310. The summed E-state index contributed by atoms with van der Waals surface area (Å²) in [5.74, 6) is -0.784. The first-order valence-corrected chi connectivity index (χ1v) is 14.7. The van der Waals surface area contributed by atoms with E-state index in [4.69, 9.17) is 11.6 Å². The van der Waals surface area contributed by atoms with Crippen LogP contribution in [0.5, 0.6) is 0 Å². The molecule has 0 aliphatic carbocycles. The van der Waals surface area contributed by atoms with Crippen LogP contribution in [0.25, 0.3) is 0 Å². The highest BCUT2D eigenvalue weighted by Crippen LogP contribution is 2.23. The fourth-order valence-corrected chi connectivity index (χ4v) is 5.08. The molecular formula is C29H34ClN3O4S. The second-order valence-electron chi connectivity index (χ2n) is 9.25. The lowest BCUT2D eigenvalue weighted by atomic mass is 10.0. The van der Waals surface area contributed by atoms with E-state index in [0.717, 1.165) is 33.7 Å². The molecule has 1 N–H and O–H groups in total.